The molecule has 1 saturated heterocycles. The van der Waals surface area contributed by atoms with Gasteiger partial charge < -0.3 is 5.32 Å². The van der Waals surface area contributed by atoms with E-state index in [1.807, 2.05) is 6.92 Å². The van der Waals surface area contributed by atoms with Crippen LogP contribution < -0.4 is 5.32 Å². The zero-order chi connectivity index (χ0) is 14.8. The van der Waals surface area contributed by atoms with Gasteiger partial charge in [0.2, 0.25) is 5.91 Å². The summed E-state index contributed by atoms with van der Waals surface area (Å²) in [6.07, 6.45) is -3.47. The van der Waals surface area contributed by atoms with Crippen LogP contribution in [0.15, 0.2) is 24.3 Å². The zero-order valence-electron chi connectivity index (χ0n) is 11.0. The average Bonchev–Trinajstić information content (AvgIpc) is 2.81. The zero-order valence-corrected chi connectivity index (χ0v) is 11.9. The van der Waals surface area contributed by atoms with Crippen LogP contribution >= 0.6 is 11.8 Å². The lowest BCUT2D eigenvalue weighted by Gasteiger charge is -2.15. The number of thioether (sulfide) groups is 1. The molecule has 110 valence electrons. The molecule has 2 atom stereocenters. The molecule has 0 radical (unpaired) electrons. The third-order valence-electron chi connectivity index (χ3n) is 3.35. The lowest BCUT2D eigenvalue weighted by atomic mass is 10.0. The summed E-state index contributed by atoms with van der Waals surface area (Å²) in [7, 11) is 0. The quantitative estimate of drug-likeness (QED) is 0.923. The van der Waals surface area contributed by atoms with Crippen molar-refractivity contribution in [2.75, 3.05) is 12.3 Å². The number of carbonyl (C=O) groups is 1. The number of alkyl halides is 3. The maximum absolute atomic E-state index is 12.5. The van der Waals surface area contributed by atoms with Gasteiger partial charge in [0.15, 0.2) is 0 Å². The molecular formula is C14H16F3NOS. The summed E-state index contributed by atoms with van der Waals surface area (Å²) in [5.41, 5.74) is 0.236. The van der Waals surface area contributed by atoms with Crippen LogP contribution in [-0.4, -0.2) is 23.5 Å². The second-order valence-electron chi connectivity index (χ2n) is 4.92. The van der Waals surface area contributed by atoms with E-state index >= 15 is 0 Å². The topological polar surface area (TPSA) is 29.1 Å². The molecule has 1 amide bonds. The molecule has 0 aromatic heterocycles. The molecule has 20 heavy (non-hydrogen) atoms. The van der Waals surface area contributed by atoms with Crippen LogP contribution in [0, 0.1) is 0 Å². The van der Waals surface area contributed by atoms with Gasteiger partial charge in [-0.1, -0.05) is 19.1 Å². The minimum atomic E-state index is -4.29. The Morgan fingerprint density at radius 3 is 2.50 bits per heavy atom. The highest BCUT2D eigenvalue weighted by Gasteiger charge is 2.30. The highest BCUT2D eigenvalue weighted by Crippen LogP contribution is 2.31. The first-order chi connectivity index (χ1) is 9.38. The lowest BCUT2D eigenvalue weighted by Crippen LogP contribution is -2.21. The number of hydrogen-bond acceptors (Lipinski definition) is 2. The third-order valence-corrected chi connectivity index (χ3v) is 4.90. The van der Waals surface area contributed by atoms with Gasteiger partial charge in [-0.05, 0) is 30.0 Å². The Kier molecular flexibility index (Phi) is 4.62. The molecule has 1 N–H and O–H groups in total. The van der Waals surface area contributed by atoms with Crippen LogP contribution in [0.3, 0.4) is 0 Å². The van der Waals surface area contributed by atoms with Crippen LogP contribution in [0.1, 0.15) is 30.4 Å². The molecule has 1 aliphatic rings. The molecule has 1 heterocycles. The molecule has 1 aromatic rings. The van der Waals surface area contributed by atoms with Crippen LogP contribution in [0.25, 0.3) is 0 Å². The number of rotatable bonds is 4. The molecule has 0 unspecified atom stereocenters. The van der Waals surface area contributed by atoms with Gasteiger partial charge in [-0.2, -0.15) is 13.2 Å². The van der Waals surface area contributed by atoms with Gasteiger partial charge in [-0.25, -0.2) is 0 Å². The average molecular weight is 303 g/mol. The minimum absolute atomic E-state index is 0.0214. The molecule has 0 saturated carbocycles. The van der Waals surface area contributed by atoms with E-state index in [0.717, 1.165) is 29.9 Å². The predicted molar refractivity (Wildman–Crippen MR) is 73.7 cm³/mol. The van der Waals surface area contributed by atoms with Crippen molar-refractivity contribution in [1.29, 1.82) is 0 Å². The fourth-order valence-electron chi connectivity index (χ4n) is 2.09. The molecule has 0 aliphatic carbocycles. The Morgan fingerprint density at radius 2 is 2.00 bits per heavy atom. The maximum atomic E-state index is 12.5. The van der Waals surface area contributed by atoms with Gasteiger partial charge in [0, 0.05) is 12.3 Å². The van der Waals surface area contributed by atoms with Gasteiger partial charge in [-0.15, -0.1) is 11.8 Å². The minimum Gasteiger partial charge on any atom is -0.355 e. The molecule has 2 rings (SSSR count). The molecule has 1 aliphatic heterocycles. The maximum Gasteiger partial charge on any atom is 0.416 e. The number of carbonyl (C=O) groups excluding carboxylic acids is 1. The van der Waals surface area contributed by atoms with Crippen molar-refractivity contribution >= 4 is 17.7 Å². The predicted octanol–water partition coefficient (Wildman–Crippen LogP) is 3.43. The summed E-state index contributed by atoms with van der Waals surface area (Å²) in [4.78, 5) is 11.4. The van der Waals surface area contributed by atoms with E-state index in [0.29, 0.717) is 6.54 Å². The highest BCUT2D eigenvalue weighted by molar-refractivity contribution is 8.00. The van der Waals surface area contributed by atoms with Crippen LogP contribution in [-0.2, 0) is 11.0 Å². The number of nitrogens with one attached hydrogen (secondary N) is 1. The second-order valence-corrected chi connectivity index (χ2v) is 6.16. The summed E-state index contributed by atoms with van der Waals surface area (Å²) in [6, 6.07) is 5.25. The third kappa shape index (κ3) is 3.69. The largest absolute Gasteiger partial charge is 0.416 e. The first-order valence-corrected chi connectivity index (χ1v) is 7.49. The van der Waals surface area contributed by atoms with Crippen molar-refractivity contribution in [3.8, 4) is 0 Å². The Hall–Kier alpha value is -1.17. The van der Waals surface area contributed by atoms with E-state index in [2.05, 4.69) is 5.32 Å². The fraction of sp³-hybridized carbons (Fsp3) is 0.500. The first-order valence-electron chi connectivity index (χ1n) is 6.44. The summed E-state index contributed by atoms with van der Waals surface area (Å²) in [5.74, 6) is 0.911. The van der Waals surface area contributed by atoms with Gasteiger partial charge in [0.1, 0.15) is 0 Å². The van der Waals surface area contributed by atoms with E-state index in [9.17, 15) is 18.0 Å². The van der Waals surface area contributed by atoms with Crippen molar-refractivity contribution in [3.05, 3.63) is 35.4 Å². The Morgan fingerprint density at radius 1 is 1.35 bits per heavy atom. The van der Waals surface area contributed by atoms with E-state index in [1.54, 1.807) is 11.8 Å². The van der Waals surface area contributed by atoms with E-state index in [-0.39, 0.29) is 17.1 Å². The van der Waals surface area contributed by atoms with Gasteiger partial charge in [-0.3, -0.25) is 4.79 Å². The lowest BCUT2D eigenvalue weighted by molar-refractivity contribution is -0.137. The summed E-state index contributed by atoms with van der Waals surface area (Å²) in [6.45, 7) is 2.67. The number of halogens is 3. The van der Waals surface area contributed by atoms with E-state index in [4.69, 9.17) is 0 Å². The smallest absolute Gasteiger partial charge is 0.355 e. The van der Waals surface area contributed by atoms with Crippen LogP contribution in [0.5, 0.6) is 0 Å². The molecular weight excluding hydrogens is 287 g/mol. The highest BCUT2D eigenvalue weighted by atomic mass is 32.2. The number of benzene rings is 1. The second kappa shape index (κ2) is 6.08. The first kappa shape index (κ1) is 15.2. The van der Waals surface area contributed by atoms with Crippen LogP contribution in [0.2, 0.25) is 0 Å². The Bertz CT molecular complexity index is 472. The Balaban J connectivity index is 1.92. The SMILES string of the molecule is C[C@@H](CS[C@@H]1CCNC1=O)c1ccc(C(F)(F)F)cc1. The van der Waals surface area contributed by atoms with Crippen LogP contribution in [0.4, 0.5) is 13.2 Å². The molecule has 2 nitrogen and oxygen atoms in total. The van der Waals surface area contributed by atoms with Gasteiger partial charge in [0.25, 0.3) is 0 Å². The standard InChI is InChI=1S/C14H16F3NOS/c1-9(8-20-12-6-7-18-13(12)19)10-2-4-11(5-3-10)14(15,16)17/h2-5,9,12H,6-8H2,1H3,(H,18,19)/t9-,12+/m0/s1. The normalized spacial score (nSPS) is 20.8. The summed E-state index contributed by atoms with van der Waals surface area (Å²) >= 11 is 1.57. The van der Waals surface area contributed by atoms with Crippen molar-refractivity contribution in [2.45, 2.75) is 30.7 Å². The van der Waals surface area contributed by atoms with Crippen molar-refractivity contribution < 1.29 is 18.0 Å². The van der Waals surface area contributed by atoms with Gasteiger partial charge in [0.05, 0.1) is 10.8 Å². The number of amides is 1. The van der Waals surface area contributed by atoms with E-state index < -0.39 is 11.7 Å². The molecule has 6 heteroatoms. The van der Waals surface area contributed by atoms with Crippen molar-refractivity contribution in [1.82, 2.24) is 5.32 Å². The summed E-state index contributed by atoms with van der Waals surface area (Å²) < 4.78 is 37.4. The monoisotopic (exact) mass is 303 g/mol. The Labute approximate surface area is 120 Å². The summed E-state index contributed by atoms with van der Waals surface area (Å²) in [5, 5.41) is 2.75. The number of hydrogen-bond donors (Lipinski definition) is 1. The molecule has 0 spiro atoms. The van der Waals surface area contributed by atoms with Crippen molar-refractivity contribution in [3.63, 3.8) is 0 Å². The fourth-order valence-corrected chi connectivity index (χ4v) is 3.32. The van der Waals surface area contributed by atoms with Crippen molar-refractivity contribution in [2.24, 2.45) is 0 Å². The molecule has 1 fully saturated rings. The molecule has 0 bridgehead atoms. The molecule has 1 aromatic carbocycles. The van der Waals surface area contributed by atoms with Gasteiger partial charge >= 0.3 is 6.18 Å². The van der Waals surface area contributed by atoms with E-state index in [1.165, 1.54) is 12.1 Å².